The highest BCUT2D eigenvalue weighted by atomic mass is 32.1. The number of nitrogens with zero attached hydrogens (tertiary/aromatic N) is 1. The molecule has 0 fully saturated rings. The first-order chi connectivity index (χ1) is 8.35. The summed E-state index contributed by atoms with van der Waals surface area (Å²) in [5.41, 5.74) is 5.33. The Kier molecular flexibility index (Phi) is 4.15. The average Bonchev–Trinajstić information content (AvgIpc) is 2.85. The van der Waals surface area contributed by atoms with Gasteiger partial charge in [0.1, 0.15) is 5.75 Å². The number of ether oxygens (including phenoxy) is 1. The van der Waals surface area contributed by atoms with Crippen molar-refractivity contribution in [3.8, 4) is 17.0 Å². The van der Waals surface area contributed by atoms with E-state index in [4.69, 9.17) is 4.74 Å². The molecule has 0 atom stereocenters. The molecule has 2 aromatic rings. The zero-order valence-corrected chi connectivity index (χ0v) is 11.1. The van der Waals surface area contributed by atoms with Gasteiger partial charge < -0.3 is 4.74 Å². The maximum atomic E-state index is 5.66. The number of aryl methyl sites for hydroxylation is 1. The molecule has 0 saturated carbocycles. The lowest BCUT2D eigenvalue weighted by Gasteiger charge is -2.10. The molecule has 0 bridgehead atoms. The zero-order chi connectivity index (χ0) is 12.1. The van der Waals surface area contributed by atoms with Crippen LogP contribution in [0.15, 0.2) is 29.1 Å². The molecule has 2 rings (SSSR count). The lowest BCUT2D eigenvalue weighted by molar-refractivity contribution is 0.341. The minimum Gasteiger partial charge on any atom is -0.493 e. The second-order valence-corrected chi connectivity index (χ2v) is 4.61. The molecule has 1 heterocycles. The van der Waals surface area contributed by atoms with Crippen LogP contribution >= 0.6 is 11.3 Å². The summed E-state index contributed by atoms with van der Waals surface area (Å²) >= 11 is 1.61. The van der Waals surface area contributed by atoms with Crippen molar-refractivity contribution in [1.82, 2.24) is 4.98 Å². The topological polar surface area (TPSA) is 22.1 Å². The Hall–Kier alpha value is -1.35. The fourth-order valence-electron chi connectivity index (χ4n) is 1.85. The Morgan fingerprint density at radius 1 is 1.29 bits per heavy atom. The molecule has 90 valence electrons. The summed E-state index contributed by atoms with van der Waals surface area (Å²) in [6.07, 6.45) is 2.26. The van der Waals surface area contributed by atoms with E-state index in [1.165, 1.54) is 5.56 Å². The number of benzene rings is 1. The zero-order valence-electron chi connectivity index (χ0n) is 10.3. The molecule has 0 aliphatic carbocycles. The van der Waals surface area contributed by atoms with Crippen molar-refractivity contribution >= 4 is 11.3 Å². The van der Waals surface area contributed by atoms with Crippen LogP contribution in [0.1, 0.15) is 25.8 Å². The summed E-state index contributed by atoms with van der Waals surface area (Å²) in [7, 11) is 0. The molecule has 0 radical (unpaired) electrons. The number of hydrogen-bond donors (Lipinski definition) is 0. The van der Waals surface area contributed by atoms with Gasteiger partial charge in [-0.05, 0) is 31.0 Å². The van der Waals surface area contributed by atoms with Crippen molar-refractivity contribution in [2.45, 2.75) is 26.7 Å². The van der Waals surface area contributed by atoms with Crippen LogP contribution in [0.2, 0.25) is 0 Å². The largest absolute Gasteiger partial charge is 0.493 e. The standard InChI is InChI=1S/C14H17NOS/c1-3-5-11-6-7-14(16-4-2)12(8-11)13-9-17-10-15-13/h6-10H,3-5H2,1-2H3. The van der Waals surface area contributed by atoms with Crippen molar-refractivity contribution in [3.05, 3.63) is 34.7 Å². The minimum atomic E-state index is 0.685. The van der Waals surface area contributed by atoms with Gasteiger partial charge in [0.25, 0.3) is 0 Å². The summed E-state index contributed by atoms with van der Waals surface area (Å²) in [6, 6.07) is 6.40. The van der Waals surface area contributed by atoms with E-state index in [-0.39, 0.29) is 0 Å². The molecule has 3 heteroatoms. The highest BCUT2D eigenvalue weighted by Crippen LogP contribution is 2.31. The summed E-state index contributed by atoms with van der Waals surface area (Å²) in [6.45, 7) is 4.88. The third-order valence-electron chi connectivity index (χ3n) is 2.59. The van der Waals surface area contributed by atoms with Gasteiger partial charge in [0.2, 0.25) is 0 Å². The Morgan fingerprint density at radius 2 is 2.18 bits per heavy atom. The van der Waals surface area contributed by atoms with E-state index in [2.05, 4.69) is 35.5 Å². The van der Waals surface area contributed by atoms with Crippen LogP contribution in [-0.2, 0) is 6.42 Å². The summed E-state index contributed by atoms with van der Waals surface area (Å²) < 4.78 is 5.66. The number of aromatic nitrogens is 1. The molecule has 1 aromatic heterocycles. The summed E-state index contributed by atoms with van der Waals surface area (Å²) in [4.78, 5) is 4.37. The molecule has 0 aliphatic rings. The first-order valence-electron chi connectivity index (χ1n) is 5.99. The maximum absolute atomic E-state index is 5.66. The Labute approximate surface area is 106 Å². The van der Waals surface area contributed by atoms with Crippen LogP contribution < -0.4 is 4.74 Å². The predicted molar refractivity (Wildman–Crippen MR) is 72.7 cm³/mol. The van der Waals surface area contributed by atoms with Crippen molar-refractivity contribution in [1.29, 1.82) is 0 Å². The molecule has 17 heavy (non-hydrogen) atoms. The highest BCUT2D eigenvalue weighted by Gasteiger charge is 2.09. The van der Waals surface area contributed by atoms with Crippen LogP contribution in [0.25, 0.3) is 11.3 Å². The van der Waals surface area contributed by atoms with Crippen LogP contribution in [0.4, 0.5) is 0 Å². The fraction of sp³-hybridized carbons (Fsp3) is 0.357. The van der Waals surface area contributed by atoms with Crippen molar-refractivity contribution in [2.75, 3.05) is 6.61 Å². The highest BCUT2D eigenvalue weighted by molar-refractivity contribution is 7.07. The van der Waals surface area contributed by atoms with E-state index in [0.717, 1.165) is 29.8 Å². The molecule has 0 saturated heterocycles. The van der Waals surface area contributed by atoms with Crippen LogP contribution in [0.5, 0.6) is 5.75 Å². The molecule has 0 spiro atoms. The van der Waals surface area contributed by atoms with Gasteiger partial charge >= 0.3 is 0 Å². The molecular weight excluding hydrogens is 230 g/mol. The fourth-order valence-corrected chi connectivity index (χ4v) is 2.40. The summed E-state index contributed by atoms with van der Waals surface area (Å²) in [5.74, 6) is 0.929. The molecule has 0 amide bonds. The average molecular weight is 247 g/mol. The van der Waals surface area contributed by atoms with E-state index in [1.807, 2.05) is 12.4 Å². The van der Waals surface area contributed by atoms with Gasteiger partial charge in [-0.1, -0.05) is 19.4 Å². The smallest absolute Gasteiger partial charge is 0.128 e. The van der Waals surface area contributed by atoms with Crippen LogP contribution in [0, 0.1) is 0 Å². The first-order valence-corrected chi connectivity index (χ1v) is 6.93. The van der Waals surface area contributed by atoms with Gasteiger partial charge in [0, 0.05) is 10.9 Å². The van der Waals surface area contributed by atoms with E-state index in [9.17, 15) is 0 Å². The van der Waals surface area contributed by atoms with E-state index >= 15 is 0 Å². The van der Waals surface area contributed by atoms with Gasteiger partial charge in [-0.25, -0.2) is 4.98 Å². The van der Waals surface area contributed by atoms with Gasteiger partial charge in [-0.2, -0.15) is 0 Å². The Bertz CT molecular complexity index is 465. The molecular formula is C14H17NOS. The van der Waals surface area contributed by atoms with Crippen molar-refractivity contribution in [3.63, 3.8) is 0 Å². The van der Waals surface area contributed by atoms with Gasteiger partial charge in [-0.15, -0.1) is 11.3 Å². The van der Waals surface area contributed by atoms with Gasteiger partial charge in [0.05, 0.1) is 17.8 Å². The van der Waals surface area contributed by atoms with Crippen LogP contribution in [0.3, 0.4) is 0 Å². The second-order valence-electron chi connectivity index (χ2n) is 3.89. The number of hydrogen-bond acceptors (Lipinski definition) is 3. The second kappa shape index (κ2) is 5.82. The third-order valence-corrected chi connectivity index (χ3v) is 3.18. The lowest BCUT2D eigenvalue weighted by Crippen LogP contribution is -1.95. The summed E-state index contributed by atoms with van der Waals surface area (Å²) in [5, 5.41) is 2.06. The van der Waals surface area contributed by atoms with E-state index in [0.29, 0.717) is 6.61 Å². The lowest BCUT2D eigenvalue weighted by atomic mass is 10.0. The minimum absolute atomic E-state index is 0.685. The van der Waals surface area contributed by atoms with Crippen molar-refractivity contribution < 1.29 is 4.74 Å². The molecule has 0 aliphatic heterocycles. The molecule has 1 aromatic carbocycles. The van der Waals surface area contributed by atoms with Gasteiger partial charge in [0.15, 0.2) is 0 Å². The van der Waals surface area contributed by atoms with E-state index < -0.39 is 0 Å². The Balaban J connectivity index is 2.40. The first kappa shape index (κ1) is 12.1. The normalized spacial score (nSPS) is 10.5. The van der Waals surface area contributed by atoms with E-state index in [1.54, 1.807) is 11.3 Å². The SMILES string of the molecule is CCCc1ccc(OCC)c(-c2cscn2)c1. The third kappa shape index (κ3) is 2.86. The monoisotopic (exact) mass is 247 g/mol. The molecule has 2 nitrogen and oxygen atoms in total. The number of thiazole rings is 1. The predicted octanol–water partition coefficient (Wildman–Crippen LogP) is 4.16. The Morgan fingerprint density at radius 3 is 2.82 bits per heavy atom. The quantitative estimate of drug-likeness (QED) is 0.791. The maximum Gasteiger partial charge on any atom is 0.128 e. The van der Waals surface area contributed by atoms with Crippen LogP contribution in [-0.4, -0.2) is 11.6 Å². The molecule has 0 unspecified atom stereocenters. The van der Waals surface area contributed by atoms with Crippen molar-refractivity contribution in [2.24, 2.45) is 0 Å². The molecule has 0 N–H and O–H groups in total. The van der Waals surface area contributed by atoms with Gasteiger partial charge in [-0.3, -0.25) is 0 Å². The number of rotatable bonds is 5.